The Kier molecular flexibility index (Phi) is 4.59. The number of nitrogens with zero attached hydrogens (tertiary/aromatic N) is 3. The Morgan fingerprint density at radius 1 is 1.19 bits per heavy atom. The standard InChI is InChI=1S/C19H12BrN3O3S/c1-26-18(25)12-8-6-11(7-9-12)10-15-17(24)23-19(27-15)21-16(22-23)13-4-2-3-5-14(13)20/h2-10H,1H3. The van der Waals surface area contributed by atoms with Crippen molar-refractivity contribution in [3.8, 4) is 11.4 Å². The third-order valence-electron chi connectivity index (χ3n) is 3.93. The molecule has 0 radical (unpaired) electrons. The van der Waals surface area contributed by atoms with Crippen LogP contribution in [0.1, 0.15) is 15.9 Å². The first-order chi connectivity index (χ1) is 13.1. The molecule has 0 aliphatic rings. The van der Waals surface area contributed by atoms with Crippen LogP contribution in [0.5, 0.6) is 0 Å². The highest BCUT2D eigenvalue weighted by atomic mass is 79.9. The average molecular weight is 442 g/mol. The van der Waals surface area contributed by atoms with E-state index in [0.29, 0.717) is 20.9 Å². The molecule has 2 heterocycles. The SMILES string of the molecule is COC(=O)c1ccc(C=c2sc3nc(-c4ccccc4Br)nn3c2=O)cc1. The van der Waals surface area contributed by atoms with Crippen LogP contribution in [-0.4, -0.2) is 27.7 Å². The van der Waals surface area contributed by atoms with Gasteiger partial charge in [0.2, 0.25) is 4.96 Å². The summed E-state index contributed by atoms with van der Waals surface area (Å²) >= 11 is 4.74. The summed E-state index contributed by atoms with van der Waals surface area (Å²) in [6.45, 7) is 0. The molecule has 0 fully saturated rings. The minimum atomic E-state index is -0.399. The topological polar surface area (TPSA) is 73.6 Å². The van der Waals surface area contributed by atoms with Crippen molar-refractivity contribution in [3.63, 3.8) is 0 Å². The number of carbonyl (C=O) groups excluding carboxylic acids is 1. The number of esters is 1. The second kappa shape index (κ2) is 7.05. The maximum Gasteiger partial charge on any atom is 0.337 e. The van der Waals surface area contributed by atoms with Crippen LogP contribution in [0.25, 0.3) is 22.4 Å². The van der Waals surface area contributed by atoms with E-state index >= 15 is 0 Å². The fraction of sp³-hybridized carbons (Fsp3) is 0.0526. The molecule has 0 saturated carbocycles. The minimum absolute atomic E-state index is 0.224. The Labute approximate surface area is 165 Å². The molecule has 2 aromatic carbocycles. The lowest BCUT2D eigenvalue weighted by molar-refractivity contribution is 0.0600. The monoisotopic (exact) mass is 441 g/mol. The molecule has 0 spiro atoms. The Bertz CT molecular complexity index is 1260. The van der Waals surface area contributed by atoms with Crippen LogP contribution < -0.4 is 10.1 Å². The quantitative estimate of drug-likeness (QED) is 0.457. The zero-order valence-electron chi connectivity index (χ0n) is 14.0. The van der Waals surface area contributed by atoms with Gasteiger partial charge in [0.15, 0.2) is 5.82 Å². The summed E-state index contributed by atoms with van der Waals surface area (Å²) in [5.74, 6) is 0.101. The Balaban J connectivity index is 1.74. The lowest BCUT2D eigenvalue weighted by Gasteiger charge is -1.98. The molecular formula is C19H12BrN3O3S. The molecule has 0 amide bonds. The highest BCUT2D eigenvalue weighted by Gasteiger charge is 2.13. The number of rotatable bonds is 3. The molecule has 8 heteroatoms. The lowest BCUT2D eigenvalue weighted by atomic mass is 10.1. The average Bonchev–Trinajstić information content (AvgIpc) is 3.22. The second-order valence-corrected chi connectivity index (χ2v) is 7.50. The van der Waals surface area contributed by atoms with Crippen LogP contribution in [-0.2, 0) is 4.74 Å². The highest BCUT2D eigenvalue weighted by Crippen LogP contribution is 2.25. The fourth-order valence-corrected chi connectivity index (χ4v) is 3.94. The Morgan fingerprint density at radius 3 is 2.59 bits per heavy atom. The number of hydrogen-bond donors (Lipinski definition) is 0. The van der Waals surface area contributed by atoms with Gasteiger partial charge >= 0.3 is 5.97 Å². The van der Waals surface area contributed by atoms with Crippen LogP contribution in [0.2, 0.25) is 0 Å². The number of thiazole rings is 1. The van der Waals surface area contributed by atoms with Crippen molar-refractivity contribution in [2.45, 2.75) is 0 Å². The summed E-state index contributed by atoms with van der Waals surface area (Å²) in [7, 11) is 1.34. The molecule has 0 saturated heterocycles. The maximum absolute atomic E-state index is 12.6. The predicted molar refractivity (Wildman–Crippen MR) is 107 cm³/mol. The first kappa shape index (κ1) is 17.6. The minimum Gasteiger partial charge on any atom is -0.465 e. The van der Waals surface area contributed by atoms with Gasteiger partial charge in [-0.05, 0) is 35.9 Å². The number of halogens is 1. The molecule has 4 aromatic rings. The number of hydrogen-bond acceptors (Lipinski definition) is 6. The van der Waals surface area contributed by atoms with E-state index in [2.05, 4.69) is 30.7 Å². The van der Waals surface area contributed by atoms with E-state index in [4.69, 9.17) is 0 Å². The van der Waals surface area contributed by atoms with Crippen molar-refractivity contribution < 1.29 is 9.53 Å². The summed E-state index contributed by atoms with van der Waals surface area (Å²) in [5.41, 5.74) is 1.86. The van der Waals surface area contributed by atoms with Crippen molar-refractivity contribution in [2.75, 3.05) is 7.11 Å². The van der Waals surface area contributed by atoms with Gasteiger partial charge in [0.1, 0.15) is 0 Å². The normalized spacial score (nSPS) is 11.9. The van der Waals surface area contributed by atoms with Crippen LogP contribution in [0.15, 0.2) is 57.8 Å². The summed E-state index contributed by atoms with van der Waals surface area (Å²) in [6, 6.07) is 14.4. The zero-order valence-corrected chi connectivity index (χ0v) is 16.5. The van der Waals surface area contributed by atoms with Gasteiger partial charge in [-0.25, -0.2) is 4.79 Å². The van der Waals surface area contributed by atoms with Gasteiger partial charge in [-0.15, -0.1) is 5.10 Å². The van der Waals surface area contributed by atoms with Gasteiger partial charge in [0.25, 0.3) is 5.56 Å². The van der Waals surface area contributed by atoms with Crippen molar-refractivity contribution in [3.05, 3.63) is 79.0 Å². The highest BCUT2D eigenvalue weighted by molar-refractivity contribution is 9.10. The van der Waals surface area contributed by atoms with E-state index in [9.17, 15) is 9.59 Å². The molecule has 0 aliphatic heterocycles. The maximum atomic E-state index is 12.6. The smallest absolute Gasteiger partial charge is 0.337 e. The van der Waals surface area contributed by atoms with E-state index in [-0.39, 0.29) is 5.56 Å². The van der Waals surface area contributed by atoms with Crippen LogP contribution >= 0.6 is 27.3 Å². The van der Waals surface area contributed by atoms with Crippen LogP contribution in [0.3, 0.4) is 0 Å². The predicted octanol–water partition coefficient (Wildman–Crippen LogP) is 2.91. The number of aromatic nitrogens is 3. The number of methoxy groups -OCH3 is 1. The lowest BCUT2D eigenvalue weighted by Crippen LogP contribution is -2.23. The third kappa shape index (κ3) is 3.29. The van der Waals surface area contributed by atoms with Crippen molar-refractivity contribution in [1.29, 1.82) is 0 Å². The largest absolute Gasteiger partial charge is 0.465 e. The third-order valence-corrected chi connectivity index (χ3v) is 5.58. The van der Waals surface area contributed by atoms with E-state index in [0.717, 1.165) is 15.6 Å². The Hall–Kier alpha value is -2.84. The summed E-state index contributed by atoms with van der Waals surface area (Å²) in [6.07, 6.45) is 1.75. The number of ether oxygens (including phenoxy) is 1. The molecule has 0 N–H and O–H groups in total. The van der Waals surface area contributed by atoms with Gasteiger partial charge in [-0.1, -0.05) is 51.5 Å². The van der Waals surface area contributed by atoms with Crippen LogP contribution in [0, 0.1) is 0 Å². The molecule has 6 nitrogen and oxygen atoms in total. The van der Waals surface area contributed by atoms with E-state index in [1.165, 1.54) is 23.0 Å². The van der Waals surface area contributed by atoms with Gasteiger partial charge < -0.3 is 4.74 Å². The fourth-order valence-electron chi connectivity index (χ4n) is 2.58. The number of carbonyl (C=O) groups is 1. The first-order valence-corrected chi connectivity index (χ1v) is 9.52. The van der Waals surface area contributed by atoms with Crippen molar-refractivity contribution >= 4 is 44.3 Å². The van der Waals surface area contributed by atoms with E-state index in [1.54, 1.807) is 30.3 Å². The molecule has 0 bridgehead atoms. The summed E-state index contributed by atoms with van der Waals surface area (Å²) in [4.78, 5) is 29.1. The molecule has 0 aliphatic carbocycles. The zero-order chi connectivity index (χ0) is 19.0. The van der Waals surface area contributed by atoms with Gasteiger partial charge in [-0.3, -0.25) is 4.79 Å². The van der Waals surface area contributed by atoms with Crippen molar-refractivity contribution in [2.24, 2.45) is 0 Å². The van der Waals surface area contributed by atoms with E-state index in [1.807, 2.05) is 24.3 Å². The molecule has 2 aromatic heterocycles. The van der Waals surface area contributed by atoms with Gasteiger partial charge in [-0.2, -0.15) is 9.50 Å². The summed E-state index contributed by atoms with van der Waals surface area (Å²) in [5, 5.41) is 4.35. The number of fused-ring (bicyclic) bond motifs is 1. The molecular weight excluding hydrogens is 430 g/mol. The van der Waals surface area contributed by atoms with E-state index < -0.39 is 5.97 Å². The first-order valence-electron chi connectivity index (χ1n) is 7.91. The molecule has 134 valence electrons. The Morgan fingerprint density at radius 2 is 1.93 bits per heavy atom. The molecule has 27 heavy (non-hydrogen) atoms. The number of benzene rings is 2. The second-order valence-electron chi connectivity index (χ2n) is 5.64. The molecule has 0 atom stereocenters. The van der Waals surface area contributed by atoms with Crippen LogP contribution in [0.4, 0.5) is 0 Å². The summed E-state index contributed by atoms with van der Waals surface area (Å²) < 4.78 is 7.38. The van der Waals surface area contributed by atoms with Gasteiger partial charge in [0.05, 0.1) is 17.2 Å². The molecule has 4 rings (SSSR count). The van der Waals surface area contributed by atoms with Gasteiger partial charge in [0, 0.05) is 10.0 Å². The van der Waals surface area contributed by atoms with Crippen molar-refractivity contribution in [1.82, 2.24) is 14.6 Å². The molecule has 0 unspecified atom stereocenters.